The molecule has 0 saturated carbocycles. The average molecular weight is 177 g/mol. The van der Waals surface area contributed by atoms with Crippen molar-refractivity contribution in [1.29, 1.82) is 0 Å². The highest BCUT2D eigenvalue weighted by Crippen LogP contribution is 2.01. The Bertz CT molecular complexity index is 254. The van der Waals surface area contributed by atoms with Gasteiger partial charge < -0.3 is 0 Å². The Morgan fingerprint density at radius 1 is 1.23 bits per heavy atom. The molecule has 1 heterocycles. The van der Waals surface area contributed by atoms with Crippen molar-refractivity contribution < 1.29 is 4.68 Å². The highest BCUT2D eigenvalue weighted by Gasteiger charge is 2.11. The van der Waals surface area contributed by atoms with E-state index in [1.807, 2.05) is 41.3 Å². The first-order chi connectivity index (χ1) is 6.24. The molecule has 0 unspecified atom stereocenters. The smallest absolute Gasteiger partial charge is 0.186 e. The van der Waals surface area contributed by atoms with Gasteiger partial charge in [-0.15, -0.1) is 6.58 Å². The van der Waals surface area contributed by atoms with E-state index in [0.29, 0.717) is 12.0 Å². The van der Waals surface area contributed by atoms with Crippen molar-refractivity contribution in [2.75, 3.05) is 5.43 Å². The Kier molecular flexibility index (Phi) is 3.50. The number of hydrogen-bond acceptors (Lipinski definition) is 1. The Hall–Kier alpha value is -1.31. The van der Waals surface area contributed by atoms with Gasteiger partial charge in [-0.25, -0.2) is 0 Å². The van der Waals surface area contributed by atoms with E-state index in [0.717, 1.165) is 0 Å². The number of rotatable bonds is 4. The predicted octanol–water partition coefficient (Wildman–Crippen LogP) is 1.73. The predicted molar refractivity (Wildman–Crippen MR) is 54.8 cm³/mol. The molecule has 1 atom stereocenters. The molecular weight excluding hydrogens is 160 g/mol. The third-order valence-electron chi connectivity index (χ3n) is 1.99. The fourth-order valence-corrected chi connectivity index (χ4v) is 1.13. The summed E-state index contributed by atoms with van der Waals surface area (Å²) in [6.45, 7) is 8.14. The second-order valence-corrected chi connectivity index (χ2v) is 3.42. The van der Waals surface area contributed by atoms with Crippen LogP contribution in [-0.2, 0) is 0 Å². The number of nitrogens with zero attached hydrogens (tertiary/aromatic N) is 1. The van der Waals surface area contributed by atoms with E-state index in [2.05, 4.69) is 25.9 Å². The van der Waals surface area contributed by atoms with Crippen molar-refractivity contribution in [2.45, 2.75) is 19.9 Å². The van der Waals surface area contributed by atoms with Crippen LogP contribution in [0.5, 0.6) is 0 Å². The summed E-state index contributed by atoms with van der Waals surface area (Å²) in [6.07, 6.45) is 5.91. The van der Waals surface area contributed by atoms with Gasteiger partial charge in [-0.1, -0.05) is 30.7 Å². The van der Waals surface area contributed by atoms with E-state index in [9.17, 15) is 0 Å². The Balaban J connectivity index is 2.62. The summed E-state index contributed by atoms with van der Waals surface area (Å²) >= 11 is 0. The van der Waals surface area contributed by atoms with Crippen LogP contribution < -0.4 is 10.1 Å². The molecule has 0 radical (unpaired) electrons. The van der Waals surface area contributed by atoms with Gasteiger partial charge in [0, 0.05) is 12.1 Å². The molecule has 2 heteroatoms. The minimum atomic E-state index is 0.312. The maximum Gasteiger partial charge on any atom is 0.199 e. The monoisotopic (exact) mass is 177 g/mol. The van der Waals surface area contributed by atoms with E-state index in [1.54, 1.807) is 0 Å². The minimum Gasteiger partial charge on any atom is -0.186 e. The fourth-order valence-electron chi connectivity index (χ4n) is 1.13. The molecule has 0 amide bonds. The van der Waals surface area contributed by atoms with Crippen LogP contribution in [0.25, 0.3) is 0 Å². The lowest BCUT2D eigenvalue weighted by molar-refractivity contribution is -0.653. The number of hydrogen-bond donors (Lipinski definition) is 1. The second-order valence-electron chi connectivity index (χ2n) is 3.42. The summed E-state index contributed by atoms with van der Waals surface area (Å²) in [5.41, 5.74) is 3.33. The molecule has 0 spiro atoms. The van der Waals surface area contributed by atoms with Crippen LogP contribution in [0.4, 0.5) is 0 Å². The molecule has 1 aromatic heterocycles. The van der Waals surface area contributed by atoms with Crippen molar-refractivity contribution in [3.05, 3.63) is 43.2 Å². The van der Waals surface area contributed by atoms with Gasteiger partial charge in [-0.3, -0.25) is 0 Å². The van der Waals surface area contributed by atoms with Crippen molar-refractivity contribution >= 4 is 0 Å². The molecule has 0 aliphatic rings. The molecule has 0 bridgehead atoms. The molecule has 0 aliphatic carbocycles. The summed E-state index contributed by atoms with van der Waals surface area (Å²) in [7, 11) is 0. The minimum absolute atomic E-state index is 0.312. The molecular formula is C11H17N2+. The SMILES string of the molecule is C=C[C@@H](N[n+]1ccccc1)C(C)C. The van der Waals surface area contributed by atoms with E-state index in [-0.39, 0.29) is 0 Å². The summed E-state index contributed by atoms with van der Waals surface area (Å²) in [5.74, 6) is 0.546. The summed E-state index contributed by atoms with van der Waals surface area (Å²) in [5, 5.41) is 0. The molecule has 70 valence electrons. The van der Waals surface area contributed by atoms with Crippen molar-refractivity contribution in [3.8, 4) is 0 Å². The van der Waals surface area contributed by atoms with E-state index in [1.165, 1.54) is 0 Å². The largest absolute Gasteiger partial charge is 0.199 e. The summed E-state index contributed by atoms with van der Waals surface area (Å²) in [6, 6.07) is 6.30. The maximum atomic E-state index is 3.80. The molecule has 1 aromatic rings. The van der Waals surface area contributed by atoms with Gasteiger partial charge in [0.25, 0.3) is 0 Å². The second kappa shape index (κ2) is 4.65. The van der Waals surface area contributed by atoms with Crippen LogP contribution in [0.3, 0.4) is 0 Å². The Morgan fingerprint density at radius 2 is 1.85 bits per heavy atom. The molecule has 0 saturated heterocycles. The molecule has 1 N–H and O–H groups in total. The average Bonchev–Trinajstić information content (AvgIpc) is 2.15. The van der Waals surface area contributed by atoms with Crippen molar-refractivity contribution in [2.24, 2.45) is 5.92 Å². The lowest BCUT2D eigenvalue weighted by Gasteiger charge is -2.14. The summed E-state index contributed by atoms with van der Waals surface area (Å²) in [4.78, 5) is 0. The van der Waals surface area contributed by atoms with Gasteiger partial charge in [-0.05, 0) is 5.92 Å². The van der Waals surface area contributed by atoms with Crippen LogP contribution >= 0.6 is 0 Å². The highest BCUT2D eigenvalue weighted by molar-refractivity contribution is 4.93. The highest BCUT2D eigenvalue weighted by atomic mass is 15.4. The van der Waals surface area contributed by atoms with Crippen molar-refractivity contribution in [1.82, 2.24) is 0 Å². The molecule has 0 aromatic carbocycles. The lowest BCUT2D eigenvalue weighted by atomic mass is 10.1. The van der Waals surface area contributed by atoms with E-state index >= 15 is 0 Å². The van der Waals surface area contributed by atoms with Crippen LogP contribution in [-0.4, -0.2) is 6.04 Å². The van der Waals surface area contributed by atoms with Crippen LogP contribution in [0.1, 0.15) is 13.8 Å². The third kappa shape index (κ3) is 2.90. The lowest BCUT2D eigenvalue weighted by Crippen LogP contribution is -2.50. The Morgan fingerprint density at radius 3 is 2.31 bits per heavy atom. The molecule has 1 rings (SSSR count). The normalized spacial score (nSPS) is 12.5. The van der Waals surface area contributed by atoms with E-state index < -0.39 is 0 Å². The maximum absolute atomic E-state index is 3.80. The van der Waals surface area contributed by atoms with Gasteiger partial charge >= 0.3 is 0 Å². The number of pyridine rings is 1. The number of nitrogens with one attached hydrogen (secondary N) is 1. The standard InChI is InChI=1S/C11H17N2/c1-4-11(10(2)3)12-13-8-6-5-7-9-13/h4-12H,1H2,2-3H3/q+1/t11-/m1/s1. The fraction of sp³-hybridized carbons (Fsp3) is 0.364. The van der Waals surface area contributed by atoms with Gasteiger partial charge in [0.2, 0.25) is 0 Å². The number of aromatic nitrogens is 1. The van der Waals surface area contributed by atoms with Crippen LogP contribution in [0, 0.1) is 5.92 Å². The van der Waals surface area contributed by atoms with Gasteiger partial charge in [0.15, 0.2) is 12.4 Å². The van der Waals surface area contributed by atoms with Crippen molar-refractivity contribution in [3.63, 3.8) is 0 Å². The molecule has 0 aliphatic heterocycles. The first-order valence-electron chi connectivity index (χ1n) is 4.59. The summed E-state index contributed by atoms with van der Waals surface area (Å²) < 4.78 is 1.95. The van der Waals surface area contributed by atoms with Gasteiger partial charge in [-0.2, -0.15) is 5.43 Å². The molecule has 0 fully saturated rings. The first-order valence-corrected chi connectivity index (χ1v) is 4.59. The van der Waals surface area contributed by atoms with Gasteiger partial charge in [0.05, 0.1) is 0 Å². The topological polar surface area (TPSA) is 15.9 Å². The van der Waals surface area contributed by atoms with Crippen LogP contribution in [0.15, 0.2) is 43.2 Å². The van der Waals surface area contributed by atoms with Crippen LogP contribution in [0.2, 0.25) is 0 Å². The zero-order chi connectivity index (χ0) is 9.68. The zero-order valence-corrected chi connectivity index (χ0v) is 8.27. The van der Waals surface area contributed by atoms with E-state index in [4.69, 9.17) is 0 Å². The molecule has 13 heavy (non-hydrogen) atoms. The Labute approximate surface area is 79.9 Å². The first kappa shape index (κ1) is 9.78. The molecule has 2 nitrogen and oxygen atoms in total. The zero-order valence-electron chi connectivity index (χ0n) is 8.27. The van der Waals surface area contributed by atoms with Gasteiger partial charge in [0.1, 0.15) is 6.04 Å². The quantitative estimate of drug-likeness (QED) is 0.547. The third-order valence-corrected chi connectivity index (χ3v) is 1.99.